The van der Waals surface area contributed by atoms with Crippen LogP contribution in [0, 0.1) is 0 Å². The van der Waals surface area contributed by atoms with Crippen LogP contribution in [0.5, 0.6) is 0 Å². The maximum atomic E-state index is 12.0. The first-order chi connectivity index (χ1) is 9.87. The highest BCUT2D eigenvalue weighted by molar-refractivity contribution is 7.10. The van der Waals surface area contributed by atoms with E-state index < -0.39 is 0 Å². The van der Waals surface area contributed by atoms with Gasteiger partial charge in [0.2, 0.25) is 5.91 Å². The maximum Gasteiger partial charge on any atom is 0.234 e. The molecular weight excluding hydrogens is 284 g/mol. The zero-order valence-electron chi connectivity index (χ0n) is 12.9. The number of carbonyl (C=O) groups is 1. The second-order valence-electron chi connectivity index (χ2n) is 6.02. The third kappa shape index (κ3) is 4.41. The molecule has 0 spiro atoms. The van der Waals surface area contributed by atoms with E-state index in [9.17, 15) is 4.79 Å². The smallest absolute Gasteiger partial charge is 0.234 e. The van der Waals surface area contributed by atoms with Crippen molar-refractivity contribution >= 4 is 17.2 Å². The molecule has 0 aliphatic heterocycles. The predicted molar refractivity (Wildman–Crippen MR) is 85.3 cm³/mol. The molecule has 2 aromatic rings. The van der Waals surface area contributed by atoms with Crippen LogP contribution in [0.1, 0.15) is 37.5 Å². The number of nitrogens with zero attached hydrogens (tertiary/aromatic N) is 2. The van der Waals surface area contributed by atoms with E-state index in [4.69, 9.17) is 0 Å². The molecule has 2 rings (SSSR count). The Hall–Kier alpha value is -1.66. The number of aryl methyl sites for hydroxylation is 1. The highest BCUT2D eigenvalue weighted by atomic mass is 32.1. The van der Waals surface area contributed by atoms with Crippen molar-refractivity contribution in [1.29, 1.82) is 0 Å². The number of imidazole rings is 1. The first kappa shape index (κ1) is 15.7. The minimum Gasteiger partial charge on any atom is -0.350 e. The van der Waals surface area contributed by atoms with Crippen LogP contribution in [-0.2, 0) is 11.8 Å². The van der Waals surface area contributed by atoms with E-state index in [-0.39, 0.29) is 24.0 Å². The van der Waals surface area contributed by atoms with Crippen molar-refractivity contribution in [3.63, 3.8) is 0 Å². The number of rotatable bonds is 5. The molecular formula is C15H22N4OS. The molecule has 0 radical (unpaired) electrons. The number of thiophene rings is 1. The van der Waals surface area contributed by atoms with Gasteiger partial charge in [-0.3, -0.25) is 10.1 Å². The van der Waals surface area contributed by atoms with Crippen molar-refractivity contribution < 1.29 is 4.79 Å². The summed E-state index contributed by atoms with van der Waals surface area (Å²) in [4.78, 5) is 17.5. The molecule has 0 aliphatic rings. The van der Waals surface area contributed by atoms with Crippen LogP contribution in [0.4, 0.5) is 0 Å². The van der Waals surface area contributed by atoms with Gasteiger partial charge in [0.05, 0.1) is 6.54 Å². The summed E-state index contributed by atoms with van der Waals surface area (Å²) in [5.41, 5.74) is -0.222. The Morgan fingerprint density at radius 2 is 2.24 bits per heavy atom. The molecule has 21 heavy (non-hydrogen) atoms. The van der Waals surface area contributed by atoms with Crippen molar-refractivity contribution in [3.05, 3.63) is 40.6 Å². The molecule has 114 valence electrons. The molecule has 1 atom stereocenters. The Labute approximate surface area is 129 Å². The van der Waals surface area contributed by atoms with Crippen molar-refractivity contribution in [3.8, 4) is 0 Å². The Kier molecular flexibility index (Phi) is 4.80. The second kappa shape index (κ2) is 6.41. The third-order valence-electron chi connectivity index (χ3n) is 2.93. The average Bonchev–Trinajstić information content (AvgIpc) is 3.00. The molecule has 2 aromatic heterocycles. The first-order valence-corrected chi connectivity index (χ1v) is 7.80. The topological polar surface area (TPSA) is 59.0 Å². The van der Waals surface area contributed by atoms with Crippen LogP contribution < -0.4 is 10.6 Å². The largest absolute Gasteiger partial charge is 0.350 e. The zero-order valence-corrected chi connectivity index (χ0v) is 13.7. The van der Waals surface area contributed by atoms with E-state index in [2.05, 4.69) is 21.7 Å². The molecule has 0 saturated carbocycles. The summed E-state index contributed by atoms with van der Waals surface area (Å²) in [7, 11) is 1.96. The number of nitrogens with one attached hydrogen (secondary N) is 2. The standard InChI is InChI=1S/C15H22N4OS/c1-15(2,3)18-12(20)10-17-13(11-6-5-9-21-11)14-16-7-8-19(14)4/h5-9,13,17H,10H2,1-4H3,(H,18,20). The molecule has 0 saturated heterocycles. The SMILES string of the molecule is Cn1ccnc1C(NCC(=O)NC(C)(C)C)c1cccs1. The summed E-state index contributed by atoms with van der Waals surface area (Å²) in [5, 5.41) is 8.29. The molecule has 0 bridgehead atoms. The van der Waals surface area contributed by atoms with Crippen molar-refractivity contribution in [2.75, 3.05) is 6.54 Å². The molecule has 6 heteroatoms. The normalized spacial score (nSPS) is 13.1. The van der Waals surface area contributed by atoms with Gasteiger partial charge in [-0.25, -0.2) is 4.98 Å². The van der Waals surface area contributed by atoms with Crippen LogP contribution in [0.25, 0.3) is 0 Å². The third-order valence-corrected chi connectivity index (χ3v) is 3.86. The minimum absolute atomic E-state index is 0.0155. The van der Waals surface area contributed by atoms with Gasteiger partial charge in [0.15, 0.2) is 0 Å². The van der Waals surface area contributed by atoms with Gasteiger partial charge < -0.3 is 9.88 Å². The van der Waals surface area contributed by atoms with E-state index in [0.29, 0.717) is 0 Å². The summed E-state index contributed by atoms with van der Waals surface area (Å²) >= 11 is 1.66. The fraction of sp³-hybridized carbons (Fsp3) is 0.467. The summed E-state index contributed by atoms with van der Waals surface area (Å²) in [6.07, 6.45) is 3.68. The highest BCUT2D eigenvalue weighted by Gasteiger charge is 2.21. The Morgan fingerprint density at radius 3 is 2.76 bits per heavy atom. The van der Waals surface area contributed by atoms with Gasteiger partial charge in [-0.1, -0.05) is 6.07 Å². The number of hydrogen-bond acceptors (Lipinski definition) is 4. The van der Waals surface area contributed by atoms with E-state index >= 15 is 0 Å². The van der Waals surface area contributed by atoms with Gasteiger partial charge in [0, 0.05) is 29.9 Å². The van der Waals surface area contributed by atoms with Crippen LogP contribution in [0.15, 0.2) is 29.9 Å². The Bertz CT molecular complexity index is 583. The minimum atomic E-state index is -0.222. The molecule has 0 fully saturated rings. The molecule has 1 unspecified atom stereocenters. The lowest BCUT2D eigenvalue weighted by Crippen LogP contribution is -2.45. The van der Waals surface area contributed by atoms with Crippen molar-refractivity contribution in [2.45, 2.75) is 32.4 Å². The summed E-state index contributed by atoms with van der Waals surface area (Å²) in [6.45, 7) is 6.17. The van der Waals surface area contributed by atoms with Gasteiger partial charge in [-0.05, 0) is 32.2 Å². The van der Waals surface area contributed by atoms with E-state index in [1.54, 1.807) is 17.5 Å². The van der Waals surface area contributed by atoms with Gasteiger partial charge >= 0.3 is 0 Å². The molecule has 0 aromatic carbocycles. The number of hydrogen-bond donors (Lipinski definition) is 2. The fourth-order valence-corrected chi connectivity index (χ4v) is 2.88. The maximum absolute atomic E-state index is 12.0. The van der Waals surface area contributed by atoms with E-state index in [1.807, 2.05) is 50.0 Å². The summed E-state index contributed by atoms with van der Waals surface area (Å²) in [6, 6.07) is 3.99. The lowest BCUT2D eigenvalue weighted by Gasteiger charge is -2.22. The summed E-state index contributed by atoms with van der Waals surface area (Å²) < 4.78 is 1.97. The molecule has 2 heterocycles. The average molecular weight is 306 g/mol. The number of aromatic nitrogens is 2. The molecule has 1 amide bonds. The van der Waals surface area contributed by atoms with Crippen LogP contribution in [0.2, 0.25) is 0 Å². The van der Waals surface area contributed by atoms with E-state index in [0.717, 1.165) is 10.7 Å². The van der Waals surface area contributed by atoms with Crippen molar-refractivity contribution in [2.24, 2.45) is 7.05 Å². The van der Waals surface area contributed by atoms with Crippen LogP contribution in [0.3, 0.4) is 0 Å². The number of carbonyl (C=O) groups excluding carboxylic acids is 1. The molecule has 2 N–H and O–H groups in total. The van der Waals surface area contributed by atoms with Gasteiger partial charge in [0.1, 0.15) is 11.9 Å². The second-order valence-corrected chi connectivity index (χ2v) is 7.00. The summed E-state index contributed by atoms with van der Waals surface area (Å²) in [5.74, 6) is 0.888. The molecule has 0 aliphatic carbocycles. The van der Waals surface area contributed by atoms with E-state index in [1.165, 1.54) is 0 Å². The molecule has 5 nitrogen and oxygen atoms in total. The van der Waals surface area contributed by atoms with Crippen LogP contribution >= 0.6 is 11.3 Å². The Morgan fingerprint density at radius 1 is 1.48 bits per heavy atom. The first-order valence-electron chi connectivity index (χ1n) is 6.92. The van der Waals surface area contributed by atoms with Gasteiger partial charge in [0.25, 0.3) is 0 Å². The lowest BCUT2D eigenvalue weighted by atomic mass is 10.1. The Balaban J connectivity index is 2.08. The van der Waals surface area contributed by atoms with Crippen LogP contribution in [-0.4, -0.2) is 27.5 Å². The quantitative estimate of drug-likeness (QED) is 0.889. The fourth-order valence-electron chi connectivity index (χ4n) is 2.09. The van der Waals surface area contributed by atoms with Crippen molar-refractivity contribution in [1.82, 2.24) is 20.2 Å². The van der Waals surface area contributed by atoms with Gasteiger partial charge in [-0.2, -0.15) is 0 Å². The predicted octanol–water partition coefficient (Wildman–Crippen LogP) is 2.08. The zero-order chi connectivity index (χ0) is 15.5. The lowest BCUT2D eigenvalue weighted by molar-refractivity contribution is -0.121. The number of amides is 1. The monoisotopic (exact) mass is 306 g/mol. The van der Waals surface area contributed by atoms with Gasteiger partial charge in [-0.15, -0.1) is 11.3 Å². The highest BCUT2D eigenvalue weighted by Crippen LogP contribution is 2.24.